The summed E-state index contributed by atoms with van der Waals surface area (Å²) in [6, 6.07) is 0.930. The molecule has 100 valence electrons. The Morgan fingerprint density at radius 1 is 1.06 bits per heavy atom. The monoisotopic (exact) mass is 261 g/mol. The van der Waals surface area contributed by atoms with Gasteiger partial charge in [-0.25, -0.2) is 0 Å². The Bertz CT molecular complexity index is 254. The van der Waals surface area contributed by atoms with Gasteiger partial charge >= 0.3 is 5.97 Å². The van der Waals surface area contributed by atoms with Crippen LogP contribution in [0.5, 0.6) is 0 Å². The zero-order valence-corrected chi connectivity index (χ0v) is 11.4. The van der Waals surface area contributed by atoms with Crippen LogP contribution in [-0.4, -0.2) is 35.1 Å². The van der Waals surface area contributed by atoms with Crippen LogP contribution < -0.4 is 0 Å². The minimum Gasteiger partial charge on any atom is -0.481 e. The van der Waals surface area contributed by atoms with Gasteiger partial charge in [0.25, 0.3) is 0 Å². The second kappa shape index (κ2) is 6.60. The molecule has 2 atom stereocenters. The molecule has 0 aromatic heterocycles. The molecule has 3 nitrogen and oxygen atoms in total. The van der Waals surface area contributed by atoms with E-state index in [0.29, 0.717) is 6.04 Å². The first-order chi connectivity index (χ1) is 7.70. The predicted octanol–water partition coefficient (Wildman–Crippen LogP) is 2.93. The number of carboxylic acids is 1. The van der Waals surface area contributed by atoms with Crippen LogP contribution in [0.1, 0.15) is 51.4 Å². The Morgan fingerprint density at radius 2 is 1.59 bits per heavy atom. The van der Waals surface area contributed by atoms with Crippen molar-refractivity contribution in [3.8, 4) is 0 Å². The van der Waals surface area contributed by atoms with Gasteiger partial charge in [0.1, 0.15) is 0 Å². The van der Waals surface area contributed by atoms with Crippen molar-refractivity contribution in [2.75, 3.05) is 7.05 Å². The fourth-order valence-electron chi connectivity index (χ4n) is 3.47. The van der Waals surface area contributed by atoms with Crippen LogP contribution in [0.4, 0.5) is 0 Å². The van der Waals surface area contributed by atoms with Crippen LogP contribution >= 0.6 is 12.4 Å². The molecular weight excluding hydrogens is 238 g/mol. The van der Waals surface area contributed by atoms with E-state index in [4.69, 9.17) is 0 Å². The first-order valence-electron chi connectivity index (χ1n) is 6.65. The molecule has 2 rings (SSSR count). The van der Waals surface area contributed by atoms with E-state index in [0.717, 1.165) is 19.3 Å². The normalized spacial score (nSPS) is 30.2. The maximum absolute atomic E-state index is 11.3. The Kier molecular flexibility index (Phi) is 5.74. The van der Waals surface area contributed by atoms with Crippen molar-refractivity contribution in [1.29, 1.82) is 0 Å². The van der Waals surface area contributed by atoms with Crippen molar-refractivity contribution in [1.82, 2.24) is 4.90 Å². The van der Waals surface area contributed by atoms with Crippen molar-refractivity contribution in [3.05, 3.63) is 0 Å². The second-order valence-corrected chi connectivity index (χ2v) is 5.40. The molecule has 2 fully saturated rings. The molecular formula is C13H24ClNO2. The van der Waals surface area contributed by atoms with Gasteiger partial charge in [0.2, 0.25) is 0 Å². The molecule has 0 heterocycles. The summed E-state index contributed by atoms with van der Waals surface area (Å²) in [6.45, 7) is 0. The number of carboxylic acid groups (broad SMARTS) is 1. The molecule has 2 aliphatic rings. The molecule has 0 saturated heterocycles. The SMILES string of the molecule is CN(C1CCCC1)C1CCCCC1C(=O)O.Cl. The molecule has 2 saturated carbocycles. The van der Waals surface area contributed by atoms with Gasteiger partial charge in [-0.2, -0.15) is 0 Å². The highest BCUT2D eigenvalue weighted by Gasteiger charge is 2.36. The summed E-state index contributed by atoms with van der Waals surface area (Å²) in [5.74, 6) is -0.714. The lowest BCUT2D eigenvalue weighted by atomic mass is 9.83. The van der Waals surface area contributed by atoms with Crippen molar-refractivity contribution >= 4 is 18.4 Å². The molecule has 2 unspecified atom stereocenters. The van der Waals surface area contributed by atoms with Gasteiger partial charge in [0, 0.05) is 12.1 Å². The van der Waals surface area contributed by atoms with Crippen LogP contribution in [-0.2, 0) is 4.79 Å². The quantitative estimate of drug-likeness (QED) is 0.849. The minimum absolute atomic E-state index is 0. The molecule has 17 heavy (non-hydrogen) atoms. The average molecular weight is 262 g/mol. The molecule has 0 aromatic rings. The zero-order chi connectivity index (χ0) is 11.5. The van der Waals surface area contributed by atoms with Gasteiger partial charge in [-0.1, -0.05) is 25.7 Å². The zero-order valence-electron chi connectivity index (χ0n) is 10.6. The third-order valence-electron chi connectivity index (χ3n) is 4.47. The lowest BCUT2D eigenvalue weighted by Gasteiger charge is -2.39. The summed E-state index contributed by atoms with van der Waals surface area (Å²) < 4.78 is 0. The molecule has 0 aliphatic heterocycles. The summed E-state index contributed by atoms with van der Waals surface area (Å²) in [5, 5.41) is 9.27. The van der Waals surface area contributed by atoms with E-state index in [1.165, 1.54) is 32.1 Å². The summed E-state index contributed by atoms with van der Waals surface area (Å²) in [7, 11) is 2.14. The highest BCUT2D eigenvalue weighted by atomic mass is 35.5. The number of hydrogen-bond donors (Lipinski definition) is 1. The van der Waals surface area contributed by atoms with Crippen molar-refractivity contribution in [2.45, 2.75) is 63.5 Å². The molecule has 0 spiro atoms. The standard InChI is InChI=1S/C13H23NO2.ClH/c1-14(10-6-2-3-7-10)12-9-5-4-8-11(12)13(15)16;/h10-12H,2-9H2,1H3,(H,15,16);1H. The predicted molar refractivity (Wildman–Crippen MR) is 70.6 cm³/mol. The first kappa shape index (κ1) is 14.8. The largest absolute Gasteiger partial charge is 0.481 e. The van der Waals surface area contributed by atoms with Crippen molar-refractivity contribution in [3.63, 3.8) is 0 Å². The Balaban J connectivity index is 0.00000144. The third kappa shape index (κ3) is 3.35. The third-order valence-corrected chi connectivity index (χ3v) is 4.47. The number of aliphatic carboxylic acids is 1. The van der Waals surface area contributed by atoms with E-state index in [2.05, 4.69) is 11.9 Å². The first-order valence-corrected chi connectivity index (χ1v) is 6.65. The Hall–Kier alpha value is -0.280. The van der Waals surface area contributed by atoms with Crippen LogP contribution in [0.3, 0.4) is 0 Å². The topological polar surface area (TPSA) is 40.5 Å². The minimum atomic E-state index is -0.588. The van der Waals surface area contributed by atoms with E-state index >= 15 is 0 Å². The van der Waals surface area contributed by atoms with E-state index < -0.39 is 5.97 Å². The summed E-state index contributed by atoms with van der Waals surface area (Å²) in [6.07, 6.45) is 9.40. The van der Waals surface area contributed by atoms with Gasteiger partial charge in [-0.3, -0.25) is 9.69 Å². The summed E-state index contributed by atoms with van der Waals surface area (Å²) >= 11 is 0. The van der Waals surface area contributed by atoms with E-state index in [1.807, 2.05) is 0 Å². The number of nitrogens with zero attached hydrogens (tertiary/aromatic N) is 1. The van der Waals surface area contributed by atoms with E-state index in [-0.39, 0.29) is 24.4 Å². The van der Waals surface area contributed by atoms with Gasteiger partial charge in [-0.05, 0) is 32.7 Å². The van der Waals surface area contributed by atoms with Crippen LogP contribution in [0.15, 0.2) is 0 Å². The van der Waals surface area contributed by atoms with Crippen LogP contribution in [0.2, 0.25) is 0 Å². The number of rotatable bonds is 3. The lowest BCUT2D eigenvalue weighted by molar-refractivity contribution is -0.145. The fraction of sp³-hybridized carbons (Fsp3) is 0.923. The van der Waals surface area contributed by atoms with Gasteiger partial charge in [0.05, 0.1) is 5.92 Å². The summed E-state index contributed by atoms with van der Waals surface area (Å²) in [4.78, 5) is 13.6. The maximum atomic E-state index is 11.3. The molecule has 0 radical (unpaired) electrons. The lowest BCUT2D eigenvalue weighted by Crippen LogP contribution is -2.47. The fourth-order valence-corrected chi connectivity index (χ4v) is 3.47. The maximum Gasteiger partial charge on any atom is 0.308 e. The Morgan fingerprint density at radius 3 is 2.18 bits per heavy atom. The highest BCUT2D eigenvalue weighted by Crippen LogP contribution is 2.32. The van der Waals surface area contributed by atoms with Crippen LogP contribution in [0, 0.1) is 5.92 Å². The molecule has 1 N–H and O–H groups in total. The average Bonchev–Trinajstić information content (AvgIpc) is 2.81. The van der Waals surface area contributed by atoms with Crippen molar-refractivity contribution in [2.24, 2.45) is 5.92 Å². The van der Waals surface area contributed by atoms with Gasteiger partial charge in [-0.15, -0.1) is 12.4 Å². The number of hydrogen-bond acceptors (Lipinski definition) is 2. The van der Waals surface area contributed by atoms with Gasteiger partial charge < -0.3 is 5.11 Å². The second-order valence-electron chi connectivity index (χ2n) is 5.40. The summed E-state index contributed by atoms with van der Waals surface area (Å²) in [5.41, 5.74) is 0. The van der Waals surface area contributed by atoms with Crippen molar-refractivity contribution < 1.29 is 9.90 Å². The number of carbonyl (C=O) groups is 1. The van der Waals surface area contributed by atoms with E-state index in [9.17, 15) is 9.90 Å². The number of halogens is 1. The smallest absolute Gasteiger partial charge is 0.308 e. The molecule has 4 heteroatoms. The van der Waals surface area contributed by atoms with Gasteiger partial charge in [0.15, 0.2) is 0 Å². The van der Waals surface area contributed by atoms with Crippen LogP contribution in [0.25, 0.3) is 0 Å². The molecule has 2 aliphatic carbocycles. The molecule has 0 amide bonds. The Labute approximate surface area is 110 Å². The van der Waals surface area contributed by atoms with E-state index in [1.54, 1.807) is 0 Å². The molecule has 0 aromatic carbocycles. The highest BCUT2D eigenvalue weighted by molar-refractivity contribution is 5.85. The molecule has 0 bridgehead atoms.